The second-order valence-corrected chi connectivity index (χ2v) is 12.2. The molecule has 5 N–H and O–H groups in total. The van der Waals surface area contributed by atoms with Gasteiger partial charge in [-0.3, -0.25) is 14.4 Å². The zero-order valence-corrected chi connectivity index (χ0v) is 24.7. The van der Waals surface area contributed by atoms with Gasteiger partial charge in [0.15, 0.2) is 5.60 Å². The van der Waals surface area contributed by atoms with Crippen molar-refractivity contribution in [2.24, 2.45) is 5.73 Å². The number of nitrogens with one attached hydrogen (secondary N) is 2. The van der Waals surface area contributed by atoms with E-state index in [2.05, 4.69) is 10.6 Å². The largest absolute Gasteiger partial charge is 0.458 e. The Hall–Kier alpha value is -3.81. The van der Waals surface area contributed by atoms with E-state index in [9.17, 15) is 24.3 Å². The average Bonchev–Trinajstić information content (AvgIpc) is 3.36. The monoisotopic (exact) mass is 609 g/mol. The molecule has 1 aliphatic carbocycles. The number of esters is 1. The Morgan fingerprint density at radius 1 is 1.26 bits per heavy atom. The van der Waals surface area contributed by atoms with Crippen molar-refractivity contribution in [3.8, 4) is 11.4 Å². The van der Waals surface area contributed by atoms with Gasteiger partial charge in [0.1, 0.15) is 12.4 Å². The van der Waals surface area contributed by atoms with Gasteiger partial charge in [0.25, 0.3) is 5.56 Å². The summed E-state index contributed by atoms with van der Waals surface area (Å²) < 4.78 is 21.8. The number of cyclic esters (lactones) is 1. The third kappa shape index (κ3) is 4.70. The van der Waals surface area contributed by atoms with E-state index in [0.29, 0.717) is 46.9 Å². The number of aliphatic hydroxyl groups is 1. The lowest BCUT2D eigenvalue weighted by atomic mass is 9.81. The lowest BCUT2D eigenvalue weighted by Crippen LogP contribution is -2.44. The minimum atomic E-state index is -1.96. The second-order valence-electron chi connectivity index (χ2n) is 11.1. The Labute approximate surface area is 250 Å². The van der Waals surface area contributed by atoms with E-state index in [0.717, 1.165) is 22.1 Å². The number of carbonyl (C=O) groups is 3. The molecule has 1 aromatic carbocycles. The van der Waals surface area contributed by atoms with Crippen molar-refractivity contribution in [3.63, 3.8) is 0 Å². The van der Waals surface area contributed by atoms with Crippen molar-refractivity contribution in [1.29, 1.82) is 0 Å². The van der Waals surface area contributed by atoms with Crippen molar-refractivity contribution < 1.29 is 28.6 Å². The van der Waals surface area contributed by atoms with Gasteiger partial charge >= 0.3 is 5.97 Å². The third-order valence-electron chi connectivity index (χ3n) is 8.74. The van der Waals surface area contributed by atoms with Gasteiger partial charge in [0, 0.05) is 34.8 Å². The number of aromatic nitrogens is 2. The maximum Gasteiger partial charge on any atom is 0.343 e. The average molecular weight is 610 g/mol. The van der Waals surface area contributed by atoms with E-state index in [1.165, 1.54) is 17.8 Å². The number of fused-ring (bicyclic) bond motifs is 5. The van der Waals surface area contributed by atoms with Gasteiger partial charge in [-0.05, 0) is 48.9 Å². The molecule has 2 aromatic heterocycles. The second kappa shape index (κ2) is 11.0. The van der Waals surface area contributed by atoms with Crippen molar-refractivity contribution in [2.45, 2.75) is 64.3 Å². The highest BCUT2D eigenvalue weighted by Gasteiger charge is 2.46. The number of amides is 2. The number of thioether (sulfide) groups is 1. The fraction of sp³-hybridized carbons (Fsp3) is 0.433. The molecule has 43 heavy (non-hydrogen) atoms. The molecule has 3 aromatic rings. The van der Waals surface area contributed by atoms with Crippen LogP contribution in [0.4, 0.5) is 4.39 Å². The zero-order chi connectivity index (χ0) is 30.6. The Bertz CT molecular complexity index is 1770. The number of carbonyl (C=O) groups excluding carboxylic acids is 3. The predicted molar refractivity (Wildman–Crippen MR) is 158 cm³/mol. The number of hydrogen-bond donors (Lipinski definition) is 4. The molecule has 3 aliphatic rings. The molecule has 0 radical (unpaired) electrons. The van der Waals surface area contributed by atoms with Crippen LogP contribution in [-0.2, 0) is 44.3 Å². The number of aryl methyl sites for hydroxylation is 1. The highest BCUT2D eigenvalue weighted by Crippen LogP contribution is 2.45. The topological polar surface area (TPSA) is 166 Å². The summed E-state index contributed by atoms with van der Waals surface area (Å²) in [6, 6.07) is 2.61. The molecule has 2 amide bonds. The van der Waals surface area contributed by atoms with Crippen molar-refractivity contribution in [1.82, 2.24) is 20.2 Å². The van der Waals surface area contributed by atoms with Crippen molar-refractivity contribution >= 4 is 40.4 Å². The van der Waals surface area contributed by atoms with Gasteiger partial charge < -0.3 is 30.8 Å². The van der Waals surface area contributed by atoms with Crippen molar-refractivity contribution in [3.05, 3.63) is 61.7 Å². The Kier molecular flexibility index (Phi) is 7.51. The van der Waals surface area contributed by atoms with Gasteiger partial charge in [0.2, 0.25) is 11.8 Å². The highest BCUT2D eigenvalue weighted by molar-refractivity contribution is 7.99. The Morgan fingerprint density at radius 3 is 2.79 bits per heavy atom. The summed E-state index contributed by atoms with van der Waals surface area (Å²) in [5, 5.41) is 17.8. The smallest absolute Gasteiger partial charge is 0.343 e. The molecule has 6 rings (SSSR count). The molecule has 2 aliphatic heterocycles. The van der Waals surface area contributed by atoms with Crippen molar-refractivity contribution in [2.75, 3.05) is 18.2 Å². The van der Waals surface area contributed by atoms with Crippen LogP contribution in [0.5, 0.6) is 0 Å². The molecule has 0 saturated carbocycles. The molecule has 11 nitrogen and oxygen atoms in total. The number of rotatable bonds is 8. The molecule has 4 heterocycles. The summed E-state index contributed by atoms with van der Waals surface area (Å²) in [4.78, 5) is 55.5. The summed E-state index contributed by atoms with van der Waals surface area (Å²) in [6.45, 7) is 3.21. The maximum absolute atomic E-state index is 15.1. The number of ether oxygens (including phenoxy) is 1. The van der Waals surface area contributed by atoms with Gasteiger partial charge in [0.05, 0.1) is 47.5 Å². The fourth-order valence-corrected chi connectivity index (χ4v) is 7.14. The van der Waals surface area contributed by atoms with Crippen LogP contribution < -0.4 is 21.9 Å². The third-order valence-corrected chi connectivity index (χ3v) is 9.58. The molecule has 0 unspecified atom stereocenters. The van der Waals surface area contributed by atoms with Crippen LogP contribution >= 0.6 is 11.8 Å². The van der Waals surface area contributed by atoms with Crippen LogP contribution in [0.1, 0.15) is 65.6 Å². The van der Waals surface area contributed by atoms with Crippen LogP contribution in [0.3, 0.4) is 0 Å². The molecule has 0 bridgehead atoms. The minimum Gasteiger partial charge on any atom is -0.458 e. The molecular weight excluding hydrogens is 577 g/mol. The summed E-state index contributed by atoms with van der Waals surface area (Å²) >= 11 is 1.41. The van der Waals surface area contributed by atoms with Gasteiger partial charge in [-0.15, -0.1) is 11.8 Å². The van der Waals surface area contributed by atoms with E-state index in [1.807, 2.05) is 0 Å². The predicted octanol–water partition coefficient (Wildman–Crippen LogP) is 1.79. The number of hydrogen-bond acceptors (Lipinski definition) is 9. The molecule has 0 saturated heterocycles. The van der Waals surface area contributed by atoms with E-state index in [4.69, 9.17) is 15.5 Å². The van der Waals surface area contributed by atoms with E-state index in [-0.39, 0.29) is 66.9 Å². The first-order valence-electron chi connectivity index (χ1n) is 14.2. The fourth-order valence-electron chi connectivity index (χ4n) is 6.41. The van der Waals surface area contributed by atoms with Gasteiger partial charge in [-0.1, -0.05) is 6.92 Å². The molecule has 0 spiro atoms. The number of nitrogens with zero attached hydrogens (tertiary/aromatic N) is 2. The summed E-state index contributed by atoms with van der Waals surface area (Å²) in [6.07, 6.45) is 1.32. The molecular formula is C30H32FN5O6S. The quantitative estimate of drug-likeness (QED) is 0.132. The van der Waals surface area contributed by atoms with E-state index >= 15 is 4.39 Å². The standard InChI is InChI=1S/C30H32FN5O6S/c1-3-30(41)18-8-22-27-16(11-36(22)28(39)17(18)12-42-29(30)40)26-20(34-23(37)6-7-43-13-33-24(38)10-32)5-4-15-14(2)19(31)9-21(35-27)25(15)26/h8-9,20,41H,3-7,10-13,32H2,1-2H3,(H,33,38)(H,34,37)/t20-,30-/m0/s1. The minimum absolute atomic E-state index is 0.0185. The Morgan fingerprint density at radius 2 is 2.05 bits per heavy atom. The lowest BCUT2D eigenvalue weighted by molar-refractivity contribution is -0.172. The zero-order valence-electron chi connectivity index (χ0n) is 23.8. The summed E-state index contributed by atoms with van der Waals surface area (Å²) in [5.41, 5.74) is 7.57. The number of halogens is 1. The highest BCUT2D eigenvalue weighted by atomic mass is 32.2. The molecule has 13 heteroatoms. The lowest BCUT2D eigenvalue weighted by Gasteiger charge is -2.31. The molecule has 2 atom stereocenters. The molecule has 0 fully saturated rings. The van der Waals surface area contributed by atoms with E-state index < -0.39 is 17.6 Å². The first-order chi connectivity index (χ1) is 20.6. The van der Waals surface area contributed by atoms with E-state index in [1.54, 1.807) is 24.5 Å². The SMILES string of the molecule is CC[C@@]1(O)C(=O)OCc2c1cc1n(c2=O)Cc2c-1nc1cc(F)c(C)c3c1c2[C@@H](NC(=O)CCSCNC(=O)CN)CC3. The normalized spacial score (nSPS) is 19.8. The summed E-state index contributed by atoms with van der Waals surface area (Å²) in [5.74, 6) is -0.788. The van der Waals surface area contributed by atoms with Gasteiger partial charge in [-0.25, -0.2) is 14.2 Å². The van der Waals surface area contributed by atoms with Crippen LogP contribution in [0, 0.1) is 12.7 Å². The number of nitrogens with two attached hydrogens (primary N) is 1. The van der Waals surface area contributed by atoms with Crippen LogP contribution in [0.2, 0.25) is 0 Å². The van der Waals surface area contributed by atoms with Crippen LogP contribution in [0.15, 0.2) is 16.9 Å². The summed E-state index contributed by atoms with van der Waals surface area (Å²) in [7, 11) is 0. The Balaban J connectivity index is 1.41. The first-order valence-corrected chi connectivity index (χ1v) is 15.4. The van der Waals surface area contributed by atoms with Gasteiger partial charge in [-0.2, -0.15) is 0 Å². The number of pyridine rings is 2. The first kappa shape index (κ1) is 29.3. The molecule has 226 valence electrons. The number of benzene rings is 1. The van der Waals surface area contributed by atoms with Crippen LogP contribution in [-0.4, -0.2) is 50.6 Å². The van der Waals surface area contributed by atoms with Crippen LogP contribution in [0.25, 0.3) is 22.3 Å². The maximum atomic E-state index is 15.1.